The van der Waals surface area contributed by atoms with Gasteiger partial charge in [-0.3, -0.25) is 0 Å². The van der Waals surface area contributed by atoms with E-state index >= 15 is 0 Å². The fourth-order valence-electron chi connectivity index (χ4n) is 12.4. The molecule has 4 heterocycles. The highest BCUT2D eigenvalue weighted by Gasteiger charge is 2.25. The Morgan fingerprint density at radius 2 is 0.511 bits per heavy atom. The molecule has 0 atom stereocenters. The molecule has 0 aliphatic carbocycles. The van der Waals surface area contributed by atoms with Crippen LogP contribution in [0.2, 0.25) is 0 Å². The molecule has 0 spiro atoms. The smallest absolute Gasteiger partial charge is 0.166 e. The van der Waals surface area contributed by atoms with E-state index in [2.05, 4.69) is 155 Å². The van der Waals surface area contributed by atoms with E-state index in [1.54, 1.807) is 0 Å². The lowest BCUT2D eigenvalue weighted by molar-refractivity contribution is 1.06. The van der Waals surface area contributed by atoms with Gasteiger partial charge in [-0.2, -0.15) is 10.5 Å². The highest BCUT2D eigenvalue weighted by molar-refractivity contribution is 6.12. The summed E-state index contributed by atoms with van der Waals surface area (Å²) in [4.78, 5) is 31.9. The predicted molar refractivity (Wildman–Crippen MR) is 360 cm³/mol. The highest BCUT2D eigenvalue weighted by Crippen LogP contribution is 2.43. The zero-order chi connectivity index (χ0) is 60.1. The van der Waals surface area contributed by atoms with Crippen molar-refractivity contribution in [2.45, 2.75) is 0 Å². The molecule has 0 fully saturated rings. The van der Waals surface area contributed by atoms with Crippen molar-refractivity contribution in [2.75, 3.05) is 0 Å². The van der Waals surface area contributed by atoms with Crippen molar-refractivity contribution < 1.29 is 0 Å². The summed E-state index contributed by atoms with van der Waals surface area (Å²) in [5.41, 5.74) is 17.7. The largest absolute Gasteiger partial charge is 0.309 e. The molecule has 0 amide bonds. The SMILES string of the molecule is N#Cc1cccc(-c2ccc3c(c2)c2ccccc2n3-c2ccc(-c3ccc(-n4c5ccccc5c5cc(-c6cccc(C#N)c6)ccc54)c(-c4nc(-c5ccccc5)nc(-c5ccccc5)n4)c3)cc2-c2nc(-c3ccccc3)nc(-c3ccccc3)n2)c1. The quantitative estimate of drug-likeness (QED) is 0.125. The normalized spacial score (nSPS) is 11.3. The lowest BCUT2D eigenvalue weighted by atomic mass is 9.97. The summed E-state index contributed by atoms with van der Waals surface area (Å²) in [6.45, 7) is 0. The minimum absolute atomic E-state index is 0.494. The third kappa shape index (κ3) is 9.47. The molecule has 0 bridgehead atoms. The van der Waals surface area contributed by atoms with E-state index < -0.39 is 0 Å². The van der Waals surface area contributed by atoms with Crippen LogP contribution >= 0.6 is 0 Å². The van der Waals surface area contributed by atoms with Gasteiger partial charge < -0.3 is 9.13 Å². The second-order valence-corrected chi connectivity index (χ2v) is 22.1. The first-order valence-corrected chi connectivity index (χ1v) is 29.6. The van der Waals surface area contributed by atoms with E-state index in [1.807, 2.05) is 158 Å². The van der Waals surface area contributed by atoms with Crippen molar-refractivity contribution in [3.63, 3.8) is 0 Å². The number of nitrogens with zero attached hydrogens (tertiary/aromatic N) is 10. The second kappa shape index (κ2) is 22.3. The number of aromatic nitrogens is 8. The molecular weight excluding hydrogens is 1100 g/mol. The standard InChI is InChI=1S/C80H48N10/c81-49-51-19-17-29-57(43-51)59-35-39-71-65(45-59)63-31-13-15-33-69(63)89(71)73-41-37-61(47-67(73)79-85-75(53-21-5-1-6-22-53)83-76(86-79)54-23-7-2-8-24-54)62-38-42-74(68(48-62)80-87-77(55-25-9-3-10-26-55)84-78(88-80)56-27-11-4-12-28-56)90-70-34-16-14-32-64(70)66-46-60(36-40-72(66)90)58-30-18-20-52(44-58)50-82/h1-48H. The Kier molecular flexibility index (Phi) is 13.1. The van der Waals surface area contributed by atoms with Crippen LogP contribution < -0.4 is 0 Å². The summed E-state index contributed by atoms with van der Waals surface area (Å²) >= 11 is 0. The van der Waals surface area contributed by atoms with E-state index in [9.17, 15) is 10.5 Å². The molecule has 16 rings (SSSR count). The third-order valence-electron chi connectivity index (χ3n) is 16.7. The Morgan fingerprint density at radius 1 is 0.222 bits per heavy atom. The zero-order valence-corrected chi connectivity index (χ0v) is 48.2. The molecule has 0 radical (unpaired) electrons. The molecule has 0 N–H and O–H groups in total. The van der Waals surface area contributed by atoms with E-state index in [4.69, 9.17) is 29.9 Å². The van der Waals surface area contributed by atoms with Crippen molar-refractivity contribution >= 4 is 43.6 Å². The van der Waals surface area contributed by atoms with Crippen LogP contribution in [-0.2, 0) is 0 Å². The summed E-state index contributed by atoms with van der Waals surface area (Å²) in [5.74, 6) is 3.16. The van der Waals surface area contributed by atoms with Crippen molar-refractivity contribution in [1.82, 2.24) is 39.0 Å². The van der Waals surface area contributed by atoms with Gasteiger partial charge in [0.05, 0.1) is 56.7 Å². The molecule has 0 saturated heterocycles. The summed E-state index contributed by atoms with van der Waals surface area (Å²) in [7, 11) is 0. The highest BCUT2D eigenvalue weighted by atomic mass is 15.1. The van der Waals surface area contributed by atoms with Gasteiger partial charge in [0, 0.05) is 54.9 Å². The molecule has 10 nitrogen and oxygen atoms in total. The van der Waals surface area contributed by atoms with Crippen LogP contribution in [0.4, 0.5) is 0 Å². The van der Waals surface area contributed by atoms with E-state index in [1.165, 1.54) is 0 Å². The van der Waals surface area contributed by atoms with Crippen LogP contribution in [0.15, 0.2) is 291 Å². The molecule has 10 heteroatoms. The Hall–Kier alpha value is -12.8. The van der Waals surface area contributed by atoms with Crippen LogP contribution in [0.5, 0.6) is 0 Å². The lowest BCUT2D eigenvalue weighted by Crippen LogP contribution is -2.05. The van der Waals surface area contributed by atoms with Crippen LogP contribution in [0, 0.1) is 22.7 Å². The maximum Gasteiger partial charge on any atom is 0.166 e. The van der Waals surface area contributed by atoms with Crippen LogP contribution in [0.1, 0.15) is 11.1 Å². The molecule has 418 valence electrons. The van der Waals surface area contributed by atoms with Gasteiger partial charge in [0.15, 0.2) is 34.9 Å². The second-order valence-electron chi connectivity index (χ2n) is 22.1. The molecule has 12 aromatic carbocycles. The Labute approximate surface area is 517 Å². The molecule has 16 aromatic rings. The minimum atomic E-state index is 0.494. The molecule has 0 unspecified atom stereocenters. The predicted octanol–water partition coefficient (Wildman–Crippen LogP) is 19.0. The Balaban J connectivity index is 0.962. The Bertz CT molecular complexity index is 5110. The minimum Gasteiger partial charge on any atom is -0.309 e. The molecule has 4 aromatic heterocycles. The topological polar surface area (TPSA) is 135 Å². The van der Waals surface area contributed by atoms with Crippen molar-refractivity contribution in [3.05, 3.63) is 302 Å². The average Bonchev–Trinajstić information content (AvgIpc) is 1.56. The lowest BCUT2D eigenvalue weighted by Gasteiger charge is -2.18. The summed E-state index contributed by atoms with van der Waals surface area (Å²) in [5, 5.41) is 24.0. The third-order valence-corrected chi connectivity index (χ3v) is 16.7. The van der Waals surface area contributed by atoms with Gasteiger partial charge in [-0.15, -0.1) is 0 Å². The monoisotopic (exact) mass is 1150 g/mol. The molecule has 0 aliphatic rings. The maximum atomic E-state index is 9.88. The van der Waals surface area contributed by atoms with Gasteiger partial charge in [0.1, 0.15) is 0 Å². The number of benzene rings is 12. The van der Waals surface area contributed by atoms with Gasteiger partial charge >= 0.3 is 0 Å². The number of hydrogen-bond acceptors (Lipinski definition) is 8. The van der Waals surface area contributed by atoms with Crippen molar-refractivity contribution in [3.8, 4) is 125 Å². The average molecular weight is 1150 g/mol. The molecule has 0 saturated carbocycles. The number of para-hydroxylation sites is 2. The first-order valence-electron chi connectivity index (χ1n) is 29.6. The van der Waals surface area contributed by atoms with Gasteiger partial charge in [0.25, 0.3) is 0 Å². The van der Waals surface area contributed by atoms with Gasteiger partial charge in [-0.1, -0.05) is 206 Å². The first-order chi connectivity index (χ1) is 44.5. The van der Waals surface area contributed by atoms with Crippen molar-refractivity contribution in [2.24, 2.45) is 0 Å². The molecule has 0 aliphatic heterocycles. The number of rotatable bonds is 11. The first kappa shape index (κ1) is 52.8. The maximum absolute atomic E-state index is 9.88. The Morgan fingerprint density at radius 3 is 0.878 bits per heavy atom. The number of nitriles is 2. The summed E-state index contributed by atoms with van der Waals surface area (Å²) in [6, 6.07) is 104. The van der Waals surface area contributed by atoms with Gasteiger partial charge in [0.2, 0.25) is 0 Å². The summed E-state index contributed by atoms with van der Waals surface area (Å²) < 4.78 is 4.63. The van der Waals surface area contributed by atoms with Gasteiger partial charge in [-0.25, -0.2) is 29.9 Å². The fraction of sp³-hybridized carbons (Fsp3) is 0. The van der Waals surface area contributed by atoms with Crippen molar-refractivity contribution in [1.29, 1.82) is 10.5 Å². The van der Waals surface area contributed by atoms with Crippen LogP contribution in [0.3, 0.4) is 0 Å². The van der Waals surface area contributed by atoms with E-state index in [0.717, 1.165) is 122 Å². The number of hydrogen-bond donors (Lipinski definition) is 0. The zero-order valence-electron chi connectivity index (χ0n) is 48.2. The van der Waals surface area contributed by atoms with E-state index in [0.29, 0.717) is 46.1 Å². The summed E-state index contributed by atoms with van der Waals surface area (Å²) in [6.07, 6.45) is 0. The van der Waals surface area contributed by atoms with Crippen LogP contribution in [-0.4, -0.2) is 39.0 Å². The van der Waals surface area contributed by atoms with E-state index in [-0.39, 0.29) is 0 Å². The fourth-order valence-corrected chi connectivity index (χ4v) is 12.4. The molecule has 90 heavy (non-hydrogen) atoms. The molecular formula is C80H48N10. The number of fused-ring (bicyclic) bond motifs is 6. The van der Waals surface area contributed by atoms with Crippen LogP contribution in [0.25, 0.3) is 157 Å². The van der Waals surface area contributed by atoms with Gasteiger partial charge in [-0.05, 0) is 118 Å².